The number of likely N-dealkylation sites (tertiary alicyclic amines) is 1. The molecule has 3 nitrogen and oxygen atoms in total. The molecule has 4 rings (SSSR count). The molecule has 0 amide bonds. The normalized spacial score (nSPS) is 19.1. The van der Waals surface area contributed by atoms with Crippen LogP contribution in [0.5, 0.6) is 5.75 Å². The summed E-state index contributed by atoms with van der Waals surface area (Å²) < 4.78 is 6.41. The highest BCUT2D eigenvalue weighted by Gasteiger charge is 2.30. The van der Waals surface area contributed by atoms with E-state index in [9.17, 15) is 4.79 Å². The summed E-state index contributed by atoms with van der Waals surface area (Å²) in [6.45, 7) is 4.24. The Kier molecular flexibility index (Phi) is 5.07. The van der Waals surface area contributed by atoms with E-state index in [1.54, 1.807) is 0 Å². The van der Waals surface area contributed by atoms with Gasteiger partial charge in [-0.1, -0.05) is 36.2 Å². The molecule has 2 aromatic carbocycles. The van der Waals surface area contributed by atoms with E-state index in [4.69, 9.17) is 4.74 Å². The summed E-state index contributed by atoms with van der Waals surface area (Å²) in [5.41, 5.74) is 3.26. The van der Waals surface area contributed by atoms with Crippen molar-refractivity contribution < 1.29 is 9.53 Å². The Balaban J connectivity index is 1.53. The minimum absolute atomic E-state index is 0.0686. The minimum atomic E-state index is -0.0686. The molecule has 1 aliphatic heterocycles. The first-order chi connectivity index (χ1) is 12.7. The van der Waals surface area contributed by atoms with Crippen LogP contribution in [-0.4, -0.2) is 23.8 Å². The molecular formula is C23H27NO2. The lowest BCUT2D eigenvalue weighted by Crippen LogP contribution is -2.36. The summed E-state index contributed by atoms with van der Waals surface area (Å²) in [7, 11) is 0. The molecular weight excluding hydrogens is 322 g/mol. The monoisotopic (exact) mass is 349 g/mol. The fourth-order valence-electron chi connectivity index (χ4n) is 3.65. The molecule has 2 aliphatic rings. The van der Waals surface area contributed by atoms with Crippen molar-refractivity contribution in [2.45, 2.75) is 45.3 Å². The van der Waals surface area contributed by atoms with Crippen molar-refractivity contribution in [1.82, 2.24) is 4.90 Å². The number of ketones is 1. The van der Waals surface area contributed by atoms with E-state index in [2.05, 4.69) is 36.1 Å². The maximum Gasteiger partial charge on any atom is 0.178 e. The number of rotatable bonds is 6. The number of benzene rings is 2. The van der Waals surface area contributed by atoms with Gasteiger partial charge < -0.3 is 4.74 Å². The first-order valence-corrected chi connectivity index (χ1v) is 9.82. The van der Waals surface area contributed by atoms with Crippen molar-refractivity contribution in [3.05, 3.63) is 65.2 Å². The molecule has 1 aliphatic carbocycles. The molecule has 0 spiro atoms. The number of piperidine rings is 1. The van der Waals surface area contributed by atoms with Crippen LogP contribution in [0.2, 0.25) is 0 Å². The molecule has 136 valence electrons. The van der Waals surface area contributed by atoms with Crippen LogP contribution in [-0.2, 0) is 0 Å². The number of carbonyl (C=O) groups is 1. The van der Waals surface area contributed by atoms with E-state index in [0.717, 1.165) is 37.2 Å². The molecule has 1 saturated carbocycles. The van der Waals surface area contributed by atoms with Crippen LogP contribution >= 0.6 is 0 Å². The third kappa shape index (κ3) is 3.99. The zero-order valence-electron chi connectivity index (χ0n) is 15.5. The maximum atomic E-state index is 12.2. The SMILES string of the molecule is Cc1ccc(C(Oc2ccc(C(=O)C3CC3)cc2)N2CCCCC2)cc1. The van der Waals surface area contributed by atoms with Gasteiger partial charge in [-0.15, -0.1) is 0 Å². The average Bonchev–Trinajstić information content (AvgIpc) is 3.53. The van der Waals surface area contributed by atoms with Gasteiger partial charge in [-0.2, -0.15) is 0 Å². The Morgan fingerprint density at radius 2 is 1.62 bits per heavy atom. The summed E-state index contributed by atoms with van der Waals surface area (Å²) in [5, 5.41) is 0. The molecule has 3 heteroatoms. The molecule has 1 atom stereocenters. The second kappa shape index (κ2) is 7.63. The number of carbonyl (C=O) groups excluding carboxylic acids is 1. The van der Waals surface area contributed by atoms with Crippen LogP contribution < -0.4 is 4.74 Å². The van der Waals surface area contributed by atoms with Gasteiger partial charge in [0.1, 0.15) is 5.75 Å². The predicted octanol–water partition coefficient (Wildman–Crippen LogP) is 5.15. The second-order valence-corrected chi connectivity index (χ2v) is 7.64. The van der Waals surface area contributed by atoms with Crippen LogP contribution in [0.15, 0.2) is 48.5 Å². The Morgan fingerprint density at radius 1 is 0.962 bits per heavy atom. The first kappa shape index (κ1) is 17.3. The molecule has 1 saturated heterocycles. The van der Waals surface area contributed by atoms with Crippen LogP contribution in [0.1, 0.15) is 59.8 Å². The van der Waals surface area contributed by atoms with Gasteiger partial charge in [-0.05, 0) is 56.9 Å². The van der Waals surface area contributed by atoms with Crippen molar-refractivity contribution in [2.75, 3.05) is 13.1 Å². The van der Waals surface area contributed by atoms with E-state index in [-0.39, 0.29) is 17.9 Å². The van der Waals surface area contributed by atoms with E-state index < -0.39 is 0 Å². The molecule has 26 heavy (non-hydrogen) atoms. The lowest BCUT2D eigenvalue weighted by atomic mass is 10.1. The lowest BCUT2D eigenvalue weighted by Gasteiger charge is -2.34. The molecule has 2 fully saturated rings. The Bertz CT molecular complexity index is 741. The van der Waals surface area contributed by atoms with E-state index in [1.807, 2.05) is 24.3 Å². The van der Waals surface area contributed by atoms with Crippen LogP contribution in [0.25, 0.3) is 0 Å². The van der Waals surface area contributed by atoms with E-state index in [0.29, 0.717) is 0 Å². The van der Waals surface area contributed by atoms with E-state index >= 15 is 0 Å². The summed E-state index contributed by atoms with van der Waals surface area (Å²) in [5.74, 6) is 1.37. The zero-order chi connectivity index (χ0) is 17.9. The molecule has 0 N–H and O–H groups in total. The molecule has 1 heterocycles. The lowest BCUT2D eigenvalue weighted by molar-refractivity contribution is 0.0105. The van der Waals surface area contributed by atoms with Gasteiger partial charge in [-0.3, -0.25) is 9.69 Å². The highest BCUT2D eigenvalue weighted by molar-refractivity contribution is 5.99. The van der Waals surface area contributed by atoms with Gasteiger partial charge in [-0.25, -0.2) is 0 Å². The number of hydrogen-bond donors (Lipinski definition) is 0. The molecule has 1 unspecified atom stereocenters. The number of Topliss-reactive ketones (excluding diaryl/α,β-unsaturated/α-hetero) is 1. The molecule has 0 bridgehead atoms. The van der Waals surface area contributed by atoms with Crippen molar-refractivity contribution in [3.63, 3.8) is 0 Å². The predicted molar refractivity (Wildman–Crippen MR) is 103 cm³/mol. The number of ether oxygens (including phenoxy) is 1. The molecule has 0 radical (unpaired) electrons. The van der Waals surface area contributed by atoms with Crippen LogP contribution in [0, 0.1) is 12.8 Å². The third-order valence-corrected chi connectivity index (χ3v) is 5.42. The number of hydrogen-bond acceptors (Lipinski definition) is 3. The fourth-order valence-corrected chi connectivity index (χ4v) is 3.65. The Hall–Kier alpha value is -2.13. The van der Waals surface area contributed by atoms with Gasteiger partial charge in [0, 0.05) is 30.1 Å². The standard InChI is InChI=1S/C23H27NO2/c1-17-5-7-20(8-6-17)23(24-15-3-2-4-16-24)26-21-13-11-19(12-14-21)22(25)18-9-10-18/h5-8,11-14,18,23H,2-4,9-10,15-16H2,1H3. The second-order valence-electron chi connectivity index (χ2n) is 7.64. The topological polar surface area (TPSA) is 29.5 Å². The van der Waals surface area contributed by atoms with Crippen molar-refractivity contribution in [2.24, 2.45) is 5.92 Å². The van der Waals surface area contributed by atoms with Crippen molar-refractivity contribution in [3.8, 4) is 5.75 Å². The van der Waals surface area contributed by atoms with Crippen molar-refractivity contribution in [1.29, 1.82) is 0 Å². The van der Waals surface area contributed by atoms with Gasteiger partial charge in [0.2, 0.25) is 0 Å². The quantitative estimate of drug-likeness (QED) is 0.675. The summed E-state index contributed by atoms with van der Waals surface area (Å²) in [4.78, 5) is 14.6. The van der Waals surface area contributed by atoms with Gasteiger partial charge in [0.15, 0.2) is 12.0 Å². The number of nitrogens with zero attached hydrogens (tertiary/aromatic N) is 1. The molecule has 2 aromatic rings. The fraction of sp³-hybridized carbons (Fsp3) is 0.435. The van der Waals surface area contributed by atoms with Crippen LogP contribution in [0.3, 0.4) is 0 Å². The Labute approximate surface area is 156 Å². The third-order valence-electron chi connectivity index (χ3n) is 5.42. The van der Waals surface area contributed by atoms with E-state index in [1.165, 1.54) is 30.4 Å². The molecule has 0 aromatic heterocycles. The van der Waals surface area contributed by atoms with Crippen LogP contribution in [0.4, 0.5) is 0 Å². The maximum absolute atomic E-state index is 12.2. The van der Waals surface area contributed by atoms with Gasteiger partial charge >= 0.3 is 0 Å². The zero-order valence-corrected chi connectivity index (χ0v) is 15.5. The summed E-state index contributed by atoms with van der Waals surface area (Å²) in [6, 6.07) is 16.3. The minimum Gasteiger partial charge on any atom is -0.471 e. The highest BCUT2D eigenvalue weighted by Crippen LogP contribution is 2.33. The smallest absolute Gasteiger partial charge is 0.178 e. The highest BCUT2D eigenvalue weighted by atomic mass is 16.5. The summed E-state index contributed by atoms with van der Waals surface area (Å²) in [6.07, 6.45) is 5.76. The van der Waals surface area contributed by atoms with Gasteiger partial charge in [0.05, 0.1) is 0 Å². The largest absolute Gasteiger partial charge is 0.471 e. The van der Waals surface area contributed by atoms with Crippen molar-refractivity contribution >= 4 is 5.78 Å². The summed E-state index contributed by atoms with van der Waals surface area (Å²) >= 11 is 0. The number of aryl methyl sites for hydroxylation is 1. The average molecular weight is 349 g/mol. The Morgan fingerprint density at radius 3 is 2.23 bits per heavy atom. The first-order valence-electron chi connectivity index (χ1n) is 9.82. The van der Waals surface area contributed by atoms with Gasteiger partial charge in [0.25, 0.3) is 0 Å².